The molecule has 3 nitrogen and oxygen atoms in total. The number of benzene rings is 1. The fourth-order valence-electron chi connectivity index (χ4n) is 2.87. The van der Waals surface area contributed by atoms with E-state index in [1.54, 1.807) is 12.1 Å². The van der Waals surface area contributed by atoms with Gasteiger partial charge in [0.1, 0.15) is 10.4 Å². The Labute approximate surface area is 150 Å². The Hall–Kier alpha value is -1.83. The summed E-state index contributed by atoms with van der Waals surface area (Å²) in [7, 11) is 0. The first-order valence-electron chi connectivity index (χ1n) is 7.68. The van der Waals surface area contributed by atoms with Crippen LogP contribution in [0.25, 0.3) is 0 Å². The second kappa shape index (κ2) is 6.82. The zero-order chi connectivity index (χ0) is 18.2. The van der Waals surface area contributed by atoms with Crippen molar-refractivity contribution in [3.05, 3.63) is 52.0 Å². The van der Waals surface area contributed by atoms with Gasteiger partial charge in [0.15, 0.2) is 5.82 Å². The van der Waals surface area contributed by atoms with Gasteiger partial charge in [-0.3, -0.25) is 0 Å². The minimum absolute atomic E-state index is 0.189. The highest BCUT2D eigenvalue weighted by Crippen LogP contribution is 2.36. The Bertz CT molecular complexity index is 764. The predicted molar refractivity (Wildman–Crippen MR) is 89.1 cm³/mol. The van der Waals surface area contributed by atoms with Crippen molar-refractivity contribution in [3.63, 3.8) is 0 Å². The van der Waals surface area contributed by atoms with Crippen LogP contribution in [-0.2, 0) is 6.54 Å². The molecule has 1 aliphatic heterocycles. The molecule has 0 saturated carbocycles. The third-order valence-corrected chi connectivity index (χ3v) is 4.67. The molecule has 2 heterocycles. The van der Waals surface area contributed by atoms with Crippen molar-refractivity contribution in [3.8, 4) is 5.75 Å². The Morgan fingerprint density at radius 3 is 2.60 bits per heavy atom. The molecule has 0 aliphatic carbocycles. The van der Waals surface area contributed by atoms with Crippen molar-refractivity contribution in [1.29, 1.82) is 0 Å². The van der Waals surface area contributed by atoms with E-state index in [9.17, 15) is 17.6 Å². The lowest BCUT2D eigenvalue weighted by molar-refractivity contribution is -0.274. The van der Waals surface area contributed by atoms with Gasteiger partial charge in [0.25, 0.3) is 0 Å². The lowest BCUT2D eigenvalue weighted by atomic mass is 9.96. The first-order chi connectivity index (χ1) is 11.7. The summed E-state index contributed by atoms with van der Waals surface area (Å²) in [6.45, 7) is 3.21. The van der Waals surface area contributed by atoms with Crippen molar-refractivity contribution >= 4 is 21.6 Å². The molecule has 0 radical (unpaired) electrons. The van der Waals surface area contributed by atoms with Gasteiger partial charge < -0.3 is 9.64 Å². The monoisotopic (exact) mass is 418 g/mol. The van der Waals surface area contributed by atoms with E-state index in [0.29, 0.717) is 6.54 Å². The topological polar surface area (TPSA) is 25.4 Å². The van der Waals surface area contributed by atoms with Crippen LogP contribution in [0.15, 0.2) is 34.9 Å². The van der Waals surface area contributed by atoms with Crippen molar-refractivity contribution in [1.82, 2.24) is 4.98 Å². The molecule has 0 amide bonds. The Kier molecular flexibility index (Phi) is 4.90. The lowest BCUT2D eigenvalue weighted by Gasteiger charge is -2.34. The average Bonchev–Trinajstić information content (AvgIpc) is 2.52. The largest absolute Gasteiger partial charge is 0.573 e. The number of halogens is 5. The Morgan fingerprint density at radius 2 is 1.96 bits per heavy atom. The summed E-state index contributed by atoms with van der Waals surface area (Å²) in [5.74, 6) is -0.488. The molecule has 25 heavy (non-hydrogen) atoms. The van der Waals surface area contributed by atoms with E-state index in [0.717, 1.165) is 29.9 Å². The molecule has 1 unspecified atom stereocenters. The highest BCUT2D eigenvalue weighted by molar-refractivity contribution is 9.10. The number of hydrogen-bond acceptors (Lipinski definition) is 3. The Morgan fingerprint density at radius 1 is 1.28 bits per heavy atom. The molecule has 8 heteroatoms. The van der Waals surface area contributed by atoms with Gasteiger partial charge in [-0.2, -0.15) is 0 Å². The van der Waals surface area contributed by atoms with E-state index in [1.807, 2.05) is 11.8 Å². The zero-order valence-corrected chi connectivity index (χ0v) is 14.9. The van der Waals surface area contributed by atoms with Crippen LogP contribution >= 0.6 is 15.9 Å². The summed E-state index contributed by atoms with van der Waals surface area (Å²) < 4.78 is 54.6. The van der Waals surface area contributed by atoms with Crippen LogP contribution in [0.5, 0.6) is 5.75 Å². The summed E-state index contributed by atoms with van der Waals surface area (Å²) in [6, 6.07) is 7.14. The quantitative estimate of drug-likeness (QED) is 0.493. The first kappa shape index (κ1) is 18.0. The fourth-order valence-corrected chi connectivity index (χ4v) is 3.18. The molecule has 0 spiro atoms. The molecule has 1 aliphatic rings. The number of rotatable bonds is 3. The van der Waals surface area contributed by atoms with Crippen molar-refractivity contribution in [2.45, 2.75) is 32.2 Å². The van der Waals surface area contributed by atoms with Gasteiger partial charge in [-0.25, -0.2) is 9.37 Å². The standard InChI is InChI=1S/C17H15BrF4N2O/c1-10-6-7-24(14-8-13(19)16(18)23-15(10)14)9-11-2-4-12(5-3-11)25-17(20,21)22/h2-5,8,10H,6-7,9H2,1H3. The van der Waals surface area contributed by atoms with Crippen LogP contribution in [-0.4, -0.2) is 17.9 Å². The maximum Gasteiger partial charge on any atom is 0.573 e. The summed E-state index contributed by atoms with van der Waals surface area (Å²) in [6.07, 6.45) is -3.84. The SMILES string of the molecule is CC1CCN(Cc2ccc(OC(F)(F)F)cc2)c2cc(F)c(Br)nc21. The first-order valence-corrected chi connectivity index (χ1v) is 8.48. The molecule has 1 aromatic carbocycles. The van der Waals surface area contributed by atoms with E-state index >= 15 is 0 Å². The predicted octanol–water partition coefficient (Wildman–Crippen LogP) is 5.40. The van der Waals surface area contributed by atoms with Gasteiger partial charge in [-0.05, 0) is 40.0 Å². The lowest BCUT2D eigenvalue weighted by Crippen LogP contribution is -2.31. The van der Waals surface area contributed by atoms with Crippen LogP contribution in [0.4, 0.5) is 23.2 Å². The summed E-state index contributed by atoms with van der Waals surface area (Å²) in [5, 5.41) is 0. The number of ether oxygens (including phenoxy) is 1. The molecule has 0 bridgehead atoms. The number of alkyl halides is 3. The fraction of sp³-hybridized carbons (Fsp3) is 0.353. The van der Waals surface area contributed by atoms with Gasteiger partial charge in [-0.15, -0.1) is 13.2 Å². The molecular formula is C17H15BrF4N2O. The number of anilines is 1. The third-order valence-electron chi connectivity index (χ3n) is 4.11. The van der Waals surface area contributed by atoms with Crippen LogP contribution in [0.2, 0.25) is 0 Å². The Balaban J connectivity index is 1.80. The molecule has 3 rings (SSSR count). The molecule has 0 fully saturated rings. The zero-order valence-electron chi connectivity index (χ0n) is 13.3. The highest BCUT2D eigenvalue weighted by Gasteiger charge is 2.31. The maximum absolute atomic E-state index is 13.9. The van der Waals surface area contributed by atoms with Crippen molar-refractivity contribution in [2.24, 2.45) is 0 Å². The van der Waals surface area contributed by atoms with E-state index in [2.05, 4.69) is 25.7 Å². The minimum Gasteiger partial charge on any atom is -0.406 e. The third kappa shape index (κ3) is 4.23. The minimum atomic E-state index is -4.71. The normalized spacial score (nSPS) is 17.4. The van der Waals surface area contributed by atoms with E-state index in [-0.39, 0.29) is 16.3 Å². The smallest absolute Gasteiger partial charge is 0.406 e. The summed E-state index contributed by atoms with van der Waals surface area (Å²) in [4.78, 5) is 6.28. The molecule has 0 saturated heterocycles. The molecular weight excluding hydrogens is 404 g/mol. The van der Waals surface area contributed by atoms with Crippen molar-refractivity contribution in [2.75, 3.05) is 11.4 Å². The maximum atomic E-state index is 13.9. The van der Waals surface area contributed by atoms with Crippen LogP contribution < -0.4 is 9.64 Å². The second-order valence-electron chi connectivity index (χ2n) is 5.97. The van der Waals surface area contributed by atoms with Gasteiger partial charge in [0.2, 0.25) is 0 Å². The van der Waals surface area contributed by atoms with Gasteiger partial charge in [0, 0.05) is 25.1 Å². The molecule has 2 aromatic rings. The summed E-state index contributed by atoms with van der Waals surface area (Å²) >= 11 is 3.11. The molecule has 1 atom stereocenters. The highest BCUT2D eigenvalue weighted by atomic mass is 79.9. The number of hydrogen-bond donors (Lipinski definition) is 0. The number of nitrogens with zero attached hydrogens (tertiary/aromatic N) is 2. The van der Waals surface area contributed by atoms with E-state index < -0.39 is 12.2 Å². The van der Waals surface area contributed by atoms with Gasteiger partial charge >= 0.3 is 6.36 Å². The van der Waals surface area contributed by atoms with Crippen molar-refractivity contribution < 1.29 is 22.3 Å². The van der Waals surface area contributed by atoms with E-state index in [1.165, 1.54) is 18.2 Å². The number of fused-ring (bicyclic) bond motifs is 1. The average molecular weight is 419 g/mol. The molecule has 0 N–H and O–H groups in total. The number of aromatic nitrogens is 1. The van der Waals surface area contributed by atoms with E-state index in [4.69, 9.17) is 0 Å². The van der Waals surface area contributed by atoms with Crippen LogP contribution in [0, 0.1) is 5.82 Å². The molecule has 1 aromatic heterocycles. The van der Waals surface area contributed by atoms with Crippen LogP contribution in [0.3, 0.4) is 0 Å². The second-order valence-corrected chi connectivity index (χ2v) is 6.72. The summed E-state index contributed by atoms with van der Waals surface area (Å²) in [5.41, 5.74) is 2.34. The van der Waals surface area contributed by atoms with Gasteiger partial charge in [-0.1, -0.05) is 19.1 Å². The number of pyridine rings is 1. The molecule has 134 valence electrons. The van der Waals surface area contributed by atoms with Gasteiger partial charge in [0.05, 0.1) is 11.4 Å². The van der Waals surface area contributed by atoms with Crippen LogP contribution in [0.1, 0.15) is 30.5 Å².